The molecule has 0 saturated carbocycles. The standard InChI is InChI=1S/C20H21NO3S2/c1-13-4-3-5-17(12-13)21-18(22)14(2)24-19(23)15-6-8-16(9-7-15)20-25-10-11-26-20/h3-9,12,14,20H,10-11H2,1-2H3,(H,21,22)/t14-/m0/s1. The zero-order valence-electron chi connectivity index (χ0n) is 14.7. The highest BCUT2D eigenvalue weighted by Gasteiger charge is 2.21. The quantitative estimate of drug-likeness (QED) is 0.757. The molecule has 26 heavy (non-hydrogen) atoms. The SMILES string of the molecule is Cc1cccc(NC(=O)[C@H](C)OC(=O)c2ccc(C3SCCS3)cc2)c1. The van der Waals surface area contributed by atoms with Gasteiger partial charge in [0.2, 0.25) is 0 Å². The van der Waals surface area contributed by atoms with Gasteiger partial charge >= 0.3 is 5.97 Å². The van der Waals surface area contributed by atoms with Crippen molar-refractivity contribution >= 4 is 41.1 Å². The molecule has 1 aliphatic heterocycles. The van der Waals surface area contributed by atoms with Crippen molar-refractivity contribution in [1.82, 2.24) is 0 Å². The van der Waals surface area contributed by atoms with Gasteiger partial charge in [0.05, 0.1) is 10.1 Å². The highest BCUT2D eigenvalue weighted by atomic mass is 32.2. The second kappa shape index (κ2) is 8.64. The Kier molecular flexibility index (Phi) is 6.27. The number of esters is 1. The Balaban J connectivity index is 1.57. The summed E-state index contributed by atoms with van der Waals surface area (Å²) in [6.45, 7) is 3.52. The lowest BCUT2D eigenvalue weighted by Gasteiger charge is -2.14. The van der Waals surface area contributed by atoms with Gasteiger partial charge < -0.3 is 10.1 Å². The normalized spacial score (nSPS) is 15.5. The number of carbonyl (C=O) groups is 2. The van der Waals surface area contributed by atoms with E-state index < -0.39 is 12.1 Å². The number of nitrogens with one attached hydrogen (secondary N) is 1. The largest absolute Gasteiger partial charge is 0.449 e. The molecule has 1 N–H and O–H groups in total. The predicted octanol–water partition coefficient (Wildman–Crippen LogP) is 4.66. The minimum Gasteiger partial charge on any atom is -0.449 e. The van der Waals surface area contributed by atoms with Crippen LogP contribution in [0.3, 0.4) is 0 Å². The fraction of sp³-hybridized carbons (Fsp3) is 0.300. The van der Waals surface area contributed by atoms with Gasteiger partial charge in [0.1, 0.15) is 0 Å². The summed E-state index contributed by atoms with van der Waals surface area (Å²) in [6.07, 6.45) is -0.872. The molecule has 1 amide bonds. The molecule has 0 aliphatic carbocycles. The maximum atomic E-state index is 12.3. The van der Waals surface area contributed by atoms with Crippen molar-refractivity contribution in [2.24, 2.45) is 0 Å². The van der Waals surface area contributed by atoms with Crippen molar-refractivity contribution < 1.29 is 14.3 Å². The van der Waals surface area contributed by atoms with Crippen LogP contribution < -0.4 is 5.32 Å². The molecule has 4 nitrogen and oxygen atoms in total. The molecule has 0 radical (unpaired) electrons. The summed E-state index contributed by atoms with van der Waals surface area (Å²) in [5.74, 6) is 1.48. The lowest BCUT2D eigenvalue weighted by molar-refractivity contribution is -0.123. The Morgan fingerprint density at radius 3 is 2.46 bits per heavy atom. The Bertz CT molecular complexity index is 786. The predicted molar refractivity (Wildman–Crippen MR) is 109 cm³/mol. The van der Waals surface area contributed by atoms with Crippen molar-refractivity contribution in [3.05, 3.63) is 65.2 Å². The van der Waals surface area contributed by atoms with E-state index in [1.807, 2.05) is 60.8 Å². The van der Waals surface area contributed by atoms with Crippen molar-refractivity contribution in [2.75, 3.05) is 16.8 Å². The van der Waals surface area contributed by atoms with Gasteiger partial charge in [0, 0.05) is 17.2 Å². The average molecular weight is 388 g/mol. The number of hydrogen-bond acceptors (Lipinski definition) is 5. The third kappa shape index (κ3) is 4.83. The van der Waals surface area contributed by atoms with Gasteiger partial charge in [-0.25, -0.2) is 4.79 Å². The molecule has 2 aromatic carbocycles. The fourth-order valence-electron chi connectivity index (χ4n) is 2.58. The van der Waals surface area contributed by atoms with Gasteiger partial charge in [-0.15, -0.1) is 23.5 Å². The Labute approximate surface area is 162 Å². The maximum Gasteiger partial charge on any atom is 0.338 e. The van der Waals surface area contributed by atoms with E-state index in [2.05, 4.69) is 5.32 Å². The zero-order valence-corrected chi connectivity index (χ0v) is 16.4. The van der Waals surface area contributed by atoms with Crippen molar-refractivity contribution in [3.8, 4) is 0 Å². The topological polar surface area (TPSA) is 55.4 Å². The van der Waals surface area contributed by atoms with Crippen LogP contribution >= 0.6 is 23.5 Å². The Hall–Kier alpha value is -1.92. The van der Waals surface area contributed by atoms with Crippen LogP contribution in [0.2, 0.25) is 0 Å². The number of benzene rings is 2. The van der Waals surface area contributed by atoms with Crippen LogP contribution in [0, 0.1) is 6.92 Å². The number of aryl methyl sites for hydroxylation is 1. The number of thioether (sulfide) groups is 2. The summed E-state index contributed by atoms with van der Waals surface area (Å²) >= 11 is 3.84. The van der Waals surface area contributed by atoms with Crippen LogP contribution in [0.15, 0.2) is 48.5 Å². The summed E-state index contributed by atoms with van der Waals surface area (Å²) in [5.41, 5.74) is 3.40. The van der Waals surface area contributed by atoms with E-state index >= 15 is 0 Å². The second-order valence-corrected chi connectivity index (χ2v) is 8.83. The van der Waals surface area contributed by atoms with E-state index in [9.17, 15) is 9.59 Å². The first kappa shape index (κ1) is 18.9. The lowest BCUT2D eigenvalue weighted by atomic mass is 10.1. The average Bonchev–Trinajstić information content (AvgIpc) is 3.16. The molecule has 2 aromatic rings. The molecule has 0 unspecified atom stereocenters. The van der Waals surface area contributed by atoms with Gasteiger partial charge in [-0.2, -0.15) is 0 Å². The van der Waals surface area contributed by atoms with E-state index in [1.165, 1.54) is 5.56 Å². The van der Waals surface area contributed by atoms with Crippen LogP contribution in [0.4, 0.5) is 5.69 Å². The summed E-state index contributed by atoms with van der Waals surface area (Å²) in [6, 6.07) is 14.9. The number of anilines is 1. The Morgan fingerprint density at radius 2 is 1.81 bits per heavy atom. The van der Waals surface area contributed by atoms with Crippen LogP contribution in [0.25, 0.3) is 0 Å². The second-order valence-electron chi connectivity index (χ2n) is 6.10. The molecule has 1 atom stereocenters. The molecular formula is C20H21NO3S2. The fourth-order valence-corrected chi connectivity index (χ4v) is 5.44. The molecule has 1 heterocycles. The van der Waals surface area contributed by atoms with Crippen LogP contribution in [0.1, 0.15) is 33.0 Å². The molecule has 6 heteroatoms. The van der Waals surface area contributed by atoms with Crippen molar-refractivity contribution in [2.45, 2.75) is 24.5 Å². The van der Waals surface area contributed by atoms with Gasteiger partial charge in [-0.05, 0) is 49.2 Å². The number of hydrogen-bond donors (Lipinski definition) is 1. The molecule has 0 spiro atoms. The van der Waals surface area contributed by atoms with Gasteiger partial charge in [-0.1, -0.05) is 24.3 Å². The molecule has 136 valence electrons. The minimum atomic E-state index is -0.872. The highest BCUT2D eigenvalue weighted by molar-refractivity contribution is 8.19. The first-order valence-corrected chi connectivity index (χ1v) is 10.5. The number of rotatable bonds is 5. The number of amides is 1. The smallest absolute Gasteiger partial charge is 0.338 e. The zero-order chi connectivity index (χ0) is 18.5. The van der Waals surface area contributed by atoms with E-state index in [0.29, 0.717) is 15.8 Å². The molecule has 0 bridgehead atoms. The number of ether oxygens (including phenoxy) is 1. The van der Waals surface area contributed by atoms with E-state index in [-0.39, 0.29) is 5.91 Å². The third-order valence-corrected chi connectivity index (χ3v) is 7.08. The summed E-state index contributed by atoms with van der Waals surface area (Å²) < 4.78 is 5.75. The number of carbonyl (C=O) groups excluding carboxylic acids is 2. The minimum absolute atomic E-state index is 0.348. The van der Waals surface area contributed by atoms with Crippen LogP contribution in [-0.2, 0) is 9.53 Å². The summed E-state index contributed by atoms with van der Waals surface area (Å²) in [5, 5.41) is 2.76. The third-order valence-electron chi connectivity index (χ3n) is 3.98. The van der Waals surface area contributed by atoms with Gasteiger partial charge in [0.15, 0.2) is 6.10 Å². The molecule has 1 saturated heterocycles. The first-order chi connectivity index (χ1) is 12.5. The molecular weight excluding hydrogens is 366 g/mol. The first-order valence-electron chi connectivity index (χ1n) is 8.44. The van der Waals surface area contributed by atoms with Crippen LogP contribution in [0.5, 0.6) is 0 Å². The summed E-state index contributed by atoms with van der Waals surface area (Å²) in [7, 11) is 0. The highest BCUT2D eigenvalue weighted by Crippen LogP contribution is 2.45. The Morgan fingerprint density at radius 1 is 1.12 bits per heavy atom. The van der Waals surface area contributed by atoms with Gasteiger partial charge in [-0.3, -0.25) is 4.79 Å². The molecule has 1 fully saturated rings. The van der Waals surface area contributed by atoms with Crippen molar-refractivity contribution in [3.63, 3.8) is 0 Å². The molecule has 1 aliphatic rings. The van der Waals surface area contributed by atoms with E-state index in [0.717, 1.165) is 17.1 Å². The molecule has 0 aromatic heterocycles. The lowest BCUT2D eigenvalue weighted by Crippen LogP contribution is -2.30. The van der Waals surface area contributed by atoms with E-state index in [4.69, 9.17) is 4.74 Å². The summed E-state index contributed by atoms with van der Waals surface area (Å²) in [4.78, 5) is 24.5. The van der Waals surface area contributed by atoms with Gasteiger partial charge in [0.25, 0.3) is 5.91 Å². The van der Waals surface area contributed by atoms with Crippen LogP contribution in [-0.4, -0.2) is 29.5 Å². The molecule has 3 rings (SSSR count). The van der Waals surface area contributed by atoms with E-state index in [1.54, 1.807) is 25.1 Å². The monoisotopic (exact) mass is 387 g/mol. The maximum absolute atomic E-state index is 12.3. The van der Waals surface area contributed by atoms with Crippen molar-refractivity contribution in [1.29, 1.82) is 0 Å².